The number of amides is 3. The van der Waals surface area contributed by atoms with Gasteiger partial charge in [-0.3, -0.25) is 53.2 Å². The lowest BCUT2D eigenvalue weighted by Gasteiger charge is -2.34. The number of carboxylic acid groups (broad SMARTS) is 1. The molecule has 1 aliphatic heterocycles. The van der Waals surface area contributed by atoms with Crippen molar-refractivity contribution >= 4 is 70.2 Å². The molecule has 1 aromatic rings. The van der Waals surface area contributed by atoms with Crippen LogP contribution in [0.1, 0.15) is 134 Å². The van der Waals surface area contributed by atoms with Gasteiger partial charge in [0, 0.05) is 75.3 Å². The predicted octanol–water partition coefficient (Wildman–Crippen LogP) is 4.32. The van der Waals surface area contributed by atoms with E-state index in [1.165, 1.54) is 0 Å². The Hall–Kier alpha value is -4.45. The van der Waals surface area contributed by atoms with Crippen molar-refractivity contribution in [1.29, 1.82) is 0 Å². The number of carbonyl (C=O) groups excluding carboxylic acids is 7. The summed E-state index contributed by atoms with van der Waals surface area (Å²) >= 11 is 2.22. The van der Waals surface area contributed by atoms with Gasteiger partial charge >= 0.3 is 29.8 Å². The molecule has 74 heavy (non-hydrogen) atoms. The zero-order valence-electron chi connectivity index (χ0n) is 46.3. The zero-order chi connectivity index (χ0) is 55.9. The van der Waals surface area contributed by atoms with Gasteiger partial charge in [0.05, 0.1) is 26.2 Å². The largest absolute Gasteiger partial charge is 0.480 e. The lowest BCUT2D eigenvalue weighted by molar-refractivity contribution is -0.158. The van der Waals surface area contributed by atoms with Gasteiger partial charge < -0.3 is 40.0 Å². The fourth-order valence-electron chi connectivity index (χ4n) is 7.66. The minimum Gasteiger partial charge on any atom is -0.480 e. The number of rotatable bonds is 24. The molecular formula is C53H88IN7O13. The molecule has 1 fully saturated rings. The number of nitrogens with zero attached hydrogens (tertiary/aromatic N) is 4. The number of hydrogen-bond donors (Lipinski definition) is 4. The Kier molecular flexibility index (Phi) is 28.0. The smallest absolute Gasteiger partial charge is 0.326 e. The summed E-state index contributed by atoms with van der Waals surface area (Å²) in [4.78, 5) is 112. The van der Waals surface area contributed by atoms with E-state index >= 15 is 0 Å². The van der Waals surface area contributed by atoms with Crippen molar-refractivity contribution in [2.45, 2.75) is 169 Å². The molecule has 1 saturated heterocycles. The van der Waals surface area contributed by atoms with Gasteiger partial charge in [0.1, 0.15) is 34.5 Å². The number of carbonyl (C=O) groups is 8. The fourth-order valence-corrected chi connectivity index (χ4v) is 8.02. The molecule has 0 unspecified atom stereocenters. The Morgan fingerprint density at radius 2 is 0.919 bits per heavy atom. The third kappa shape index (κ3) is 32.1. The van der Waals surface area contributed by atoms with E-state index in [4.69, 9.17) is 18.9 Å². The topological polar surface area (TPSA) is 243 Å². The molecule has 0 bridgehead atoms. The van der Waals surface area contributed by atoms with Crippen molar-refractivity contribution in [3.05, 3.63) is 33.4 Å². The molecule has 420 valence electrons. The van der Waals surface area contributed by atoms with Gasteiger partial charge in [0.15, 0.2) is 0 Å². The van der Waals surface area contributed by atoms with Crippen LogP contribution < -0.4 is 16.0 Å². The van der Waals surface area contributed by atoms with E-state index in [0.29, 0.717) is 78.0 Å². The van der Waals surface area contributed by atoms with Crippen molar-refractivity contribution in [1.82, 2.24) is 35.6 Å². The summed E-state index contributed by atoms with van der Waals surface area (Å²) in [6.45, 7) is 24.6. The highest BCUT2D eigenvalue weighted by Gasteiger charge is 2.29. The van der Waals surface area contributed by atoms with Crippen molar-refractivity contribution < 1.29 is 62.4 Å². The second-order valence-corrected chi connectivity index (χ2v) is 24.1. The second kappa shape index (κ2) is 31.6. The Balaban J connectivity index is 2.13. The number of nitrogens with one attached hydrogen (secondary N) is 3. The lowest BCUT2D eigenvalue weighted by Crippen LogP contribution is -2.51. The number of aryl methyl sites for hydroxylation is 1. The molecule has 21 heteroatoms. The SMILES string of the molecule is CC(C)(C)OC(=O)CC[C@@H](NC(=O)CCCc1ccc(I)cc1)C(=O)N[C@H](CCCCNC(=O)CN1CCN(CC(=O)OC(C)(C)C)CCN(CC(=O)OC(C)(C)C)CCN(CC(=O)OC(C)(C)C)CC1)C(=O)O. The van der Waals surface area contributed by atoms with Crippen molar-refractivity contribution in [3.63, 3.8) is 0 Å². The zero-order valence-corrected chi connectivity index (χ0v) is 48.5. The fraction of sp³-hybridized carbons (Fsp3) is 0.736. The maximum atomic E-state index is 13.6. The monoisotopic (exact) mass is 1160 g/mol. The third-order valence-corrected chi connectivity index (χ3v) is 11.7. The van der Waals surface area contributed by atoms with Gasteiger partial charge in [0.25, 0.3) is 0 Å². The van der Waals surface area contributed by atoms with Gasteiger partial charge in [-0.05, 0) is 162 Å². The summed E-state index contributed by atoms with van der Waals surface area (Å²) in [5.41, 5.74) is -1.79. The predicted molar refractivity (Wildman–Crippen MR) is 289 cm³/mol. The highest BCUT2D eigenvalue weighted by molar-refractivity contribution is 14.1. The van der Waals surface area contributed by atoms with E-state index in [2.05, 4.69) is 38.5 Å². The standard InChI is InChI=1S/C53H88IN7O13/c1-50(2,3)71-44(64)24-23-40(56-42(62)18-15-16-38-19-21-39(54)22-20-38)48(68)57-41(49(69)70)17-13-14-25-55-43(63)34-58-26-28-59(35-45(65)72-51(4,5)6)30-32-61(37-47(67)74-53(10,11)12)33-31-60(29-27-58)36-46(66)73-52(7,8)9/h19-22,40-41H,13-18,23-37H2,1-12H3,(H,55,63)(H,56,62)(H,57,68)(H,69,70)/t40-,41-/m1/s1. The van der Waals surface area contributed by atoms with Gasteiger partial charge in [-0.25, -0.2) is 4.79 Å². The molecule has 3 amide bonds. The maximum absolute atomic E-state index is 13.6. The number of hydrogen-bond acceptors (Lipinski definition) is 16. The molecule has 2 atom stereocenters. The van der Waals surface area contributed by atoms with E-state index < -0.39 is 76.1 Å². The lowest BCUT2D eigenvalue weighted by atomic mass is 10.1. The van der Waals surface area contributed by atoms with Gasteiger partial charge in [-0.1, -0.05) is 12.1 Å². The van der Waals surface area contributed by atoms with Crippen LogP contribution in [0.4, 0.5) is 0 Å². The number of unbranched alkanes of at least 4 members (excludes halogenated alkanes) is 1. The Morgan fingerprint density at radius 1 is 0.514 bits per heavy atom. The summed E-state index contributed by atoms with van der Waals surface area (Å²) in [7, 11) is 0. The van der Waals surface area contributed by atoms with Crippen LogP contribution in [0.2, 0.25) is 0 Å². The molecule has 1 heterocycles. The number of esters is 4. The normalized spacial score (nSPS) is 16.1. The van der Waals surface area contributed by atoms with Crippen LogP contribution in [-0.4, -0.2) is 192 Å². The Labute approximate surface area is 453 Å². The minimum absolute atomic E-state index is 0.00309. The van der Waals surface area contributed by atoms with E-state index in [1.807, 2.05) is 43.9 Å². The number of ether oxygens (including phenoxy) is 4. The van der Waals surface area contributed by atoms with Crippen LogP contribution in [0.3, 0.4) is 0 Å². The minimum atomic E-state index is -1.31. The highest BCUT2D eigenvalue weighted by Crippen LogP contribution is 2.15. The maximum Gasteiger partial charge on any atom is 0.326 e. The van der Waals surface area contributed by atoms with Gasteiger partial charge in [-0.2, -0.15) is 0 Å². The first-order valence-corrected chi connectivity index (χ1v) is 26.9. The van der Waals surface area contributed by atoms with Crippen LogP contribution in [0.25, 0.3) is 0 Å². The number of aliphatic carboxylic acids is 1. The molecule has 0 radical (unpaired) electrons. The van der Waals surface area contributed by atoms with E-state index in [1.54, 1.807) is 83.1 Å². The van der Waals surface area contributed by atoms with E-state index in [0.717, 1.165) is 9.13 Å². The van der Waals surface area contributed by atoms with E-state index in [-0.39, 0.29) is 64.3 Å². The molecular weight excluding hydrogens is 1070 g/mol. The number of halogens is 1. The average Bonchev–Trinajstić information content (AvgIpc) is 3.23. The first kappa shape index (κ1) is 65.7. The van der Waals surface area contributed by atoms with Crippen LogP contribution >= 0.6 is 22.6 Å². The quantitative estimate of drug-likeness (QED) is 0.0488. The first-order chi connectivity index (χ1) is 34.2. The highest BCUT2D eigenvalue weighted by atomic mass is 127. The van der Waals surface area contributed by atoms with Crippen molar-refractivity contribution in [2.24, 2.45) is 0 Å². The van der Waals surface area contributed by atoms with Gasteiger partial charge in [-0.15, -0.1) is 0 Å². The van der Waals surface area contributed by atoms with Crippen molar-refractivity contribution in [2.75, 3.05) is 85.1 Å². The van der Waals surface area contributed by atoms with Crippen LogP contribution in [0, 0.1) is 3.57 Å². The molecule has 20 nitrogen and oxygen atoms in total. The molecule has 0 aromatic heterocycles. The number of carboxylic acids is 1. The molecule has 0 spiro atoms. The van der Waals surface area contributed by atoms with Crippen LogP contribution in [0.15, 0.2) is 24.3 Å². The molecule has 2 rings (SSSR count). The summed E-state index contributed by atoms with van der Waals surface area (Å²) in [5.74, 6) is -4.49. The number of benzene rings is 1. The molecule has 0 saturated carbocycles. The Morgan fingerprint density at radius 3 is 1.32 bits per heavy atom. The van der Waals surface area contributed by atoms with Crippen molar-refractivity contribution in [3.8, 4) is 0 Å². The summed E-state index contributed by atoms with van der Waals surface area (Å²) in [6.07, 6.45) is 1.73. The summed E-state index contributed by atoms with van der Waals surface area (Å²) in [6, 6.07) is 5.44. The molecule has 1 aliphatic rings. The first-order valence-electron chi connectivity index (χ1n) is 25.8. The Bertz CT molecular complexity index is 1930. The third-order valence-electron chi connectivity index (χ3n) is 11.0. The average molecular weight is 1160 g/mol. The van der Waals surface area contributed by atoms with Crippen LogP contribution in [0.5, 0.6) is 0 Å². The summed E-state index contributed by atoms with van der Waals surface area (Å²) < 4.78 is 23.4. The summed E-state index contributed by atoms with van der Waals surface area (Å²) in [5, 5.41) is 18.3. The second-order valence-electron chi connectivity index (χ2n) is 22.8. The molecule has 1 aromatic carbocycles. The van der Waals surface area contributed by atoms with E-state index in [9.17, 15) is 43.5 Å². The van der Waals surface area contributed by atoms with Gasteiger partial charge in [0.2, 0.25) is 17.7 Å². The van der Waals surface area contributed by atoms with Crippen LogP contribution in [-0.2, 0) is 63.7 Å². The molecule has 4 N–H and O–H groups in total. The molecule has 0 aliphatic carbocycles.